The molecule has 1 unspecified atom stereocenters. The van der Waals surface area contributed by atoms with E-state index in [1.54, 1.807) is 6.07 Å². The van der Waals surface area contributed by atoms with E-state index in [-0.39, 0.29) is 17.8 Å². The first kappa shape index (κ1) is 17.8. The summed E-state index contributed by atoms with van der Waals surface area (Å²) in [6.45, 7) is -0.212. The summed E-state index contributed by atoms with van der Waals surface area (Å²) >= 11 is 0. The van der Waals surface area contributed by atoms with Gasteiger partial charge in [0.15, 0.2) is 0 Å². The number of halogens is 1. The molecule has 2 aromatic carbocycles. The van der Waals surface area contributed by atoms with Crippen LogP contribution in [-0.2, 0) is 10.0 Å². The van der Waals surface area contributed by atoms with Crippen LogP contribution in [0.1, 0.15) is 11.7 Å². The maximum atomic E-state index is 13.6. The Morgan fingerprint density at radius 3 is 2.54 bits per heavy atom. The molecule has 0 spiro atoms. The van der Waals surface area contributed by atoms with Crippen LogP contribution in [0.25, 0.3) is 0 Å². The number of nitrogens with one attached hydrogen (secondary N) is 1. The Morgan fingerprint density at radius 2 is 1.96 bits per heavy atom. The van der Waals surface area contributed by atoms with E-state index in [1.165, 1.54) is 18.2 Å². The van der Waals surface area contributed by atoms with Crippen LogP contribution in [0, 0.1) is 15.9 Å². The van der Waals surface area contributed by atoms with Gasteiger partial charge in [0.1, 0.15) is 11.5 Å². The Labute approximate surface area is 136 Å². The van der Waals surface area contributed by atoms with Crippen LogP contribution in [0.2, 0.25) is 0 Å². The maximum absolute atomic E-state index is 13.6. The number of nitrogens with two attached hydrogens (primary N) is 1. The molecule has 2 aromatic rings. The molecule has 0 aliphatic heterocycles. The van der Waals surface area contributed by atoms with E-state index in [4.69, 9.17) is 5.14 Å². The topological polar surface area (TPSA) is 136 Å². The zero-order chi connectivity index (χ0) is 17.9. The Balaban J connectivity index is 2.24. The minimum absolute atomic E-state index is 0.0252. The number of nitro groups is 1. The van der Waals surface area contributed by atoms with Gasteiger partial charge in [-0.3, -0.25) is 10.1 Å². The summed E-state index contributed by atoms with van der Waals surface area (Å²) in [7, 11) is -4.09. The average molecular weight is 355 g/mol. The fourth-order valence-electron chi connectivity index (χ4n) is 2.05. The Kier molecular flexibility index (Phi) is 5.12. The number of sulfonamides is 1. The second-order valence-corrected chi connectivity index (χ2v) is 6.46. The highest BCUT2D eigenvalue weighted by Gasteiger charge is 2.20. The summed E-state index contributed by atoms with van der Waals surface area (Å²) < 4.78 is 36.1. The standard InChI is InChI=1S/C14H14FN3O5S/c15-11-4-2-1-3-10(11)14(19)8-17-12-6-5-9(24(16,22)23)7-13(12)18(20)21/h1-7,14,17,19H,8H2,(H2,16,22,23). The number of rotatable bonds is 6. The fraction of sp³-hybridized carbons (Fsp3) is 0.143. The minimum Gasteiger partial charge on any atom is -0.386 e. The van der Waals surface area contributed by atoms with Gasteiger partial charge in [0.25, 0.3) is 5.69 Å². The second kappa shape index (κ2) is 6.91. The molecule has 0 aliphatic rings. The molecule has 24 heavy (non-hydrogen) atoms. The lowest BCUT2D eigenvalue weighted by Gasteiger charge is -2.14. The fourth-order valence-corrected chi connectivity index (χ4v) is 2.58. The van der Waals surface area contributed by atoms with Crippen molar-refractivity contribution in [2.24, 2.45) is 5.14 Å². The first-order valence-electron chi connectivity index (χ1n) is 6.67. The van der Waals surface area contributed by atoms with Gasteiger partial charge in [-0.1, -0.05) is 18.2 Å². The molecular formula is C14H14FN3O5S. The highest BCUT2D eigenvalue weighted by atomic mass is 32.2. The third-order valence-corrected chi connectivity index (χ3v) is 4.16. The highest BCUT2D eigenvalue weighted by molar-refractivity contribution is 7.89. The van der Waals surface area contributed by atoms with Gasteiger partial charge in [0.2, 0.25) is 10.0 Å². The smallest absolute Gasteiger partial charge is 0.293 e. The van der Waals surface area contributed by atoms with Gasteiger partial charge in [-0.05, 0) is 18.2 Å². The third-order valence-electron chi connectivity index (χ3n) is 3.24. The van der Waals surface area contributed by atoms with Crippen molar-refractivity contribution in [2.75, 3.05) is 11.9 Å². The van der Waals surface area contributed by atoms with Crippen molar-refractivity contribution < 1.29 is 22.8 Å². The largest absolute Gasteiger partial charge is 0.386 e. The van der Waals surface area contributed by atoms with Gasteiger partial charge in [0, 0.05) is 18.2 Å². The van der Waals surface area contributed by atoms with Crippen LogP contribution < -0.4 is 10.5 Å². The third kappa shape index (κ3) is 4.04. The van der Waals surface area contributed by atoms with Crippen molar-refractivity contribution in [3.05, 3.63) is 64.0 Å². The quantitative estimate of drug-likeness (QED) is 0.531. The number of primary sulfonamides is 1. The van der Waals surface area contributed by atoms with Crippen LogP contribution in [0.4, 0.5) is 15.8 Å². The van der Waals surface area contributed by atoms with Crippen molar-refractivity contribution in [3.8, 4) is 0 Å². The summed E-state index contributed by atoms with van der Waals surface area (Å²) in [5, 5.41) is 28.6. The van der Waals surface area contributed by atoms with Gasteiger partial charge in [-0.25, -0.2) is 17.9 Å². The van der Waals surface area contributed by atoms with Crippen molar-refractivity contribution in [1.29, 1.82) is 0 Å². The maximum Gasteiger partial charge on any atom is 0.293 e. The minimum atomic E-state index is -4.09. The summed E-state index contributed by atoms with van der Waals surface area (Å²) in [5.74, 6) is -0.606. The molecule has 10 heteroatoms. The van der Waals surface area contributed by atoms with E-state index >= 15 is 0 Å². The molecule has 0 heterocycles. The zero-order valence-electron chi connectivity index (χ0n) is 12.2. The number of hydrogen-bond donors (Lipinski definition) is 3. The Morgan fingerprint density at radius 1 is 1.29 bits per heavy atom. The molecule has 128 valence electrons. The van der Waals surface area contributed by atoms with Crippen LogP contribution >= 0.6 is 0 Å². The molecule has 0 aromatic heterocycles. The number of aliphatic hydroxyl groups excluding tert-OH is 1. The monoisotopic (exact) mass is 355 g/mol. The van der Waals surface area contributed by atoms with Crippen LogP contribution in [-0.4, -0.2) is 25.0 Å². The Bertz CT molecular complexity index is 872. The Hall–Kier alpha value is -2.56. The van der Waals surface area contributed by atoms with Gasteiger partial charge in [0.05, 0.1) is 15.9 Å². The molecule has 0 radical (unpaired) electrons. The van der Waals surface area contributed by atoms with E-state index in [1.807, 2.05) is 0 Å². The number of aliphatic hydroxyl groups is 1. The van der Waals surface area contributed by atoms with E-state index in [0.29, 0.717) is 0 Å². The molecule has 8 nitrogen and oxygen atoms in total. The lowest BCUT2D eigenvalue weighted by Crippen LogP contribution is -2.15. The lowest BCUT2D eigenvalue weighted by atomic mass is 10.1. The van der Waals surface area contributed by atoms with Gasteiger partial charge >= 0.3 is 0 Å². The molecule has 0 saturated heterocycles. The van der Waals surface area contributed by atoms with Crippen LogP contribution in [0.5, 0.6) is 0 Å². The summed E-state index contributed by atoms with van der Waals surface area (Å²) in [6, 6.07) is 8.65. The number of nitro benzene ring substituents is 1. The molecule has 0 bridgehead atoms. The summed E-state index contributed by atoms with van der Waals surface area (Å²) in [4.78, 5) is 9.88. The first-order valence-corrected chi connectivity index (χ1v) is 8.22. The summed E-state index contributed by atoms with van der Waals surface area (Å²) in [6.07, 6.45) is -1.25. The molecule has 4 N–H and O–H groups in total. The number of anilines is 1. The second-order valence-electron chi connectivity index (χ2n) is 4.90. The number of benzene rings is 2. The molecule has 0 amide bonds. The number of hydrogen-bond acceptors (Lipinski definition) is 6. The van der Waals surface area contributed by atoms with Gasteiger partial charge in [-0.2, -0.15) is 0 Å². The first-order chi connectivity index (χ1) is 11.2. The van der Waals surface area contributed by atoms with Gasteiger partial charge < -0.3 is 10.4 Å². The number of nitrogens with zero attached hydrogens (tertiary/aromatic N) is 1. The van der Waals surface area contributed by atoms with Crippen molar-refractivity contribution >= 4 is 21.4 Å². The normalized spacial score (nSPS) is 12.6. The molecular weight excluding hydrogens is 341 g/mol. The zero-order valence-corrected chi connectivity index (χ0v) is 13.0. The SMILES string of the molecule is NS(=O)(=O)c1ccc(NCC(O)c2ccccc2F)c([N+](=O)[O-])c1. The molecule has 0 saturated carbocycles. The van der Waals surface area contributed by atoms with E-state index < -0.39 is 37.5 Å². The lowest BCUT2D eigenvalue weighted by molar-refractivity contribution is -0.384. The molecule has 2 rings (SSSR count). The van der Waals surface area contributed by atoms with Crippen molar-refractivity contribution in [2.45, 2.75) is 11.0 Å². The highest BCUT2D eigenvalue weighted by Crippen LogP contribution is 2.28. The van der Waals surface area contributed by atoms with Crippen molar-refractivity contribution in [1.82, 2.24) is 0 Å². The van der Waals surface area contributed by atoms with Gasteiger partial charge in [-0.15, -0.1) is 0 Å². The molecule has 0 aliphatic carbocycles. The van der Waals surface area contributed by atoms with E-state index in [0.717, 1.165) is 18.2 Å². The predicted octanol–water partition coefficient (Wildman–Crippen LogP) is 1.53. The van der Waals surface area contributed by atoms with E-state index in [9.17, 15) is 28.0 Å². The van der Waals surface area contributed by atoms with E-state index in [2.05, 4.69) is 5.32 Å². The van der Waals surface area contributed by atoms with Crippen LogP contribution in [0.15, 0.2) is 47.4 Å². The predicted molar refractivity (Wildman–Crippen MR) is 84.3 cm³/mol. The van der Waals surface area contributed by atoms with Crippen LogP contribution in [0.3, 0.4) is 0 Å². The van der Waals surface area contributed by atoms with Crippen molar-refractivity contribution in [3.63, 3.8) is 0 Å². The average Bonchev–Trinajstić information content (AvgIpc) is 2.51. The molecule has 0 fully saturated rings. The summed E-state index contributed by atoms with van der Waals surface area (Å²) in [5.41, 5.74) is -0.515. The molecule has 1 atom stereocenters.